The Labute approximate surface area is 97.5 Å². The predicted molar refractivity (Wildman–Crippen MR) is 65.6 cm³/mol. The summed E-state index contributed by atoms with van der Waals surface area (Å²) in [6.07, 6.45) is 2.20. The van der Waals surface area contributed by atoms with Crippen molar-refractivity contribution in [3.8, 4) is 0 Å². The fraction of sp³-hybridized carbons (Fsp3) is 0.429. The maximum absolute atomic E-state index is 5.79. The van der Waals surface area contributed by atoms with Gasteiger partial charge in [-0.15, -0.1) is 5.06 Å². The van der Waals surface area contributed by atoms with Crippen LogP contribution in [0.15, 0.2) is 42.2 Å². The molecule has 0 aromatic heterocycles. The lowest BCUT2D eigenvalue weighted by molar-refractivity contribution is -0.110. The maximum Gasteiger partial charge on any atom is 0.127 e. The topological polar surface area (TPSA) is 12.5 Å². The summed E-state index contributed by atoms with van der Waals surface area (Å²) < 4.78 is 0. The summed E-state index contributed by atoms with van der Waals surface area (Å²) in [7, 11) is 1.98. The highest BCUT2D eigenvalue weighted by atomic mass is 16.7. The molecule has 0 spiro atoms. The van der Waals surface area contributed by atoms with Crippen molar-refractivity contribution in [1.29, 1.82) is 0 Å². The van der Waals surface area contributed by atoms with E-state index >= 15 is 0 Å². The molecule has 0 fully saturated rings. The van der Waals surface area contributed by atoms with Gasteiger partial charge in [-0.05, 0) is 11.6 Å². The zero-order valence-electron chi connectivity index (χ0n) is 10.4. The number of likely N-dealkylation sites (N-methyl/N-ethyl adjacent to an activating group) is 1. The van der Waals surface area contributed by atoms with E-state index in [-0.39, 0.29) is 11.5 Å². The Hall–Kier alpha value is -1.28. The number of rotatable bonds is 1. The molecule has 2 rings (SSSR count). The van der Waals surface area contributed by atoms with Gasteiger partial charge in [-0.2, -0.15) is 0 Å². The molecule has 0 N–H and O–H groups in total. The Morgan fingerprint density at radius 3 is 2.25 bits per heavy atom. The molecule has 1 aliphatic rings. The summed E-state index contributed by atoms with van der Waals surface area (Å²) in [6.45, 7) is 6.50. The van der Waals surface area contributed by atoms with Crippen molar-refractivity contribution in [1.82, 2.24) is 5.06 Å². The van der Waals surface area contributed by atoms with Crippen LogP contribution in [-0.2, 0) is 4.84 Å². The van der Waals surface area contributed by atoms with Crippen LogP contribution in [0.4, 0.5) is 0 Å². The van der Waals surface area contributed by atoms with Crippen molar-refractivity contribution in [3.63, 3.8) is 0 Å². The Bertz CT molecular complexity index is 389. The molecule has 0 saturated carbocycles. The number of hydrogen-bond donors (Lipinski definition) is 0. The molecule has 86 valence electrons. The van der Waals surface area contributed by atoms with Gasteiger partial charge in [0.15, 0.2) is 0 Å². The van der Waals surface area contributed by atoms with Crippen LogP contribution in [0.25, 0.3) is 0 Å². The molecular formula is C14H19NO. The van der Waals surface area contributed by atoms with Crippen molar-refractivity contribution >= 4 is 0 Å². The second-order valence-electron chi connectivity index (χ2n) is 5.27. The Morgan fingerprint density at radius 2 is 1.75 bits per heavy atom. The van der Waals surface area contributed by atoms with Crippen LogP contribution in [-0.4, -0.2) is 12.1 Å². The molecule has 0 bridgehead atoms. The van der Waals surface area contributed by atoms with E-state index in [2.05, 4.69) is 51.1 Å². The highest BCUT2D eigenvalue weighted by Gasteiger charge is 2.31. The zero-order chi connectivity index (χ0) is 11.8. The first-order valence-corrected chi connectivity index (χ1v) is 5.66. The van der Waals surface area contributed by atoms with Crippen molar-refractivity contribution in [2.24, 2.45) is 5.41 Å². The SMILES string of the molecule is CN1OC(C(C)(C)C)=C[C@H]1c1ccccc1. The minimum absolute atomic E-state index is 0.0673. The smallest absolute Gasteiger partial charge is 0.127 e. The monoisotopic (exact) mass is 217 g/mol. The molecule has 2 nitrogen and oxygen atoms in total. The highest BCUT2D eigenvalue weighted by molar-refractivity contribution is 5.26. The van der Waals surface area contributed by atoms with Gasteiger partial charge in [0.25, 0.3) is 0 Å². The molecule has 1 aromatic carbocycles. The van der Waals surface area contributed by atoms with Crippen LogP contribution < -0.4 is 0 Å². The van der Waals surface area contributed by atoms with Gasteiger partial charge < -0.3 is 4.84 Å². The van der Waals surface area contributed by atoms with E-state index in [0.717, 1.165) is 5.76 Å². The molecule has 0 radical (unpaired) electrons. The highest BCUT2D eigenvalue weighted by Crippen LogP contribution is 2.37. The van der Waals surface area contributed by atoms with Gasteiger partial charge in [0.05, 0.1) is 6.04 Å². The number of nitrogens with zero attached hydrogens (tertiary/aromatic N) is 1. The van der Waals surface area contributed by atoms with Gasteiger partial charge in [-0.3, -0.25) is 0 Å². The molecule has 0 unspecified atom stereocenters. The third-order valence-electron chi connectivity index (χ3n) is 2.82. The average Bonchev–Trinajstić information content (AvgIpc) is 2.61. The Balaban J connectivity index is 2.28. The van der Waals surface area contributed by atoms with Gasteiger partial charge >= 0.3 is 0 Å². The summed E-state index contributed by atoms with van der Waals surface area (Å²) in [4.78, 5) is 5.79. The largest absolute Gasteiger partial charge is 0.410 e. The molecule has 1 atom stereocenters. The van der Waals surface area contributed by atoms with Gasteiger partial charge in [0.2, 0.25) is 0 Å². The summed E-state index contributed by atoms with van der Waals surface area (Å²) in [5.41, 5.74) is 1.34. The molecule has 1 heterocycles. The maximum atomic E-state index is 5.79. The van der Waals surface area contributed by atoms with Crippen molar-refractivity contribution in [2.75, 3.05) is 7.05 Å². The van der Waals surface area contributed by atoms with E-state index in [9.17, 15) is 0 Å². The van der Waals surface area contributed by atoms with Crippen LogP contribution in [0.5, 0.6) is 0 Å². The summed E-state index contributed by atoms with van der Waals surface area (Å²) in [5.74, 6) is 1.05. The molecule has 0 saturated heterocycles. The second-order valence-corrected chi connectivity index (χ2v) is 5.27. The van der Waals surface area contributed by atoms with Crippen molar-refractivity contribution in [3.05, 3.63) is 47.7 Å². The van der Waals surface area contributed by atoms with E-state index < -0.39 is 0 Å². The first-order chi connectivity index (χ1) is 7.48. The minimum Gasteiger partial charge on any atom is -0.410 e. The summed E-state index contributed by atoms with van der Waals surface area (Å²) in [6, 6.07) is 10.7. The molecule has 2 heteroatoms. The van der Waals surface area contributed by atoms with Crippen LogP contribution in [0, 0.1) is 5.41 Å². The van der Waals surface area contributed by atoms with E-state index in [1.54, 1.807) is 0 Å². The first-order valence-electron chi connectivity index (χ1n) is 5.66. The predicted octanol–water partition coefficient (Wildman–Crippen LogP) is 3.53. The fourth-order valence-corrected chi connectivity index (χ4v) is 1.83. The number of hydroxylamine groups is 2. The number of allylic oxidation sites excluding steroid dienone is 1. The Morgan fingerprint density at radius 1 is 1.12 bits per heavy atom. The minimum atomic E-state index is 0.0673. The third kappa shape index (κ3) is 2.12. The molecule has 1 aliphatic heterocycles. The first kappa shape index (κ1) is 11.2. The molecule has 0 aliphatic carbocycles. The zero-order valence-corrected chi connectivity index (χ0v) is 10.4. The molecule has 1 aromatic rings. The van der Waals surface area contributed by atoms with E-state index in [0.29, 0.717) is 0 Å². The lowest BCUT2D eigenvalue weighted by atomic mass is 9.92. The third-order valence-corrected chi connectivity index (χ3v) is 2.82. The lowest BCUT2D eigenvalue weighted by Gasteiger charge is -2.22. The summed E-state index contributed by atoms with van der Waals surface area (Å²) in [5, 5.41) is 1.91. The van der Waals surface area contributed by atoms with Gasteiger partial charge in [-0.1, -0.05) is 51.1 Å². The number of hydrogen-bond acceptors (Lipinski definition) is 2. The molecule has 0 amide bonds. The normalized spacial score (nSPS) is 21.8. The molecule has 16 heavy (non-hydrogen) atoms. The van der Waals surface area contributed by atoms with E-state index in [1.165, 1.54) is 5.56 Å². The van der Waals surface area contributed by atoms with Crippen LogP contribution in [0.1, 0.15) is 32.4 Å². The Kier molecular flexibility index (Phi) is 2.76. The summed E-state index contributed by atoms with van der Waals surface area (Å²) >= 11 is 0. The van der Waals surface area contributed by atoms with Crippen LogP contribution in [0.2, 0.25) is 0 Å². The van der Waals surface area contributed by atoms with Crippen LogP contribution in [0.3, 0.4) is 0 Å². The van der Waals surface area contributed by atoms with Crippen LogP contribution >= 0.6 is 0 Å². The second kappa shape index (κ2) is 3.95. The van der Waals surface area contributed by atoms with E-state index in [1.807, 2.05) is 18.2 Å². The standard InChI is InChI=1S/C14H19NO/c1-14(2,3)13-10-12(15(4)16-13)11-8-6-5-7-9-11/h5-10,12H,1-4H3/t12-/m0/s1. The van der Waals surface area contributed by atoms with Gasteiger partial charge in [-0.25, -0.2) is 0 Å². The van der Waals surface area contributed by atoms with Gasteiger partial charge in [0, 0.05) is 12.5 Å². The average molecular weight is 217 g/mol. The fourth-order valence-electron chi connectivity index (χ4n) is 1.83. The van der Waals surface area contributed by atoms with Gasteiger partial charge in [0.1, 0.15) is 5.76 Å². The van der Waals surface area contributed by atoms with E-state index in [4.69, 9.17) is 4.84 Å². The quantitative estimate of drug-likeness (QED) is 0.713. The van der Waals surface area contributed by atoms with Crippen molar-refractivity contribution < 1.29 is 4.84 Å². The molecular weight excluding hydrogens is 198 g/mol. The lowest BCUT2D eigenvalue weighted by Crippen LogP contribution is -2.19. The number of benzene rings is 1. The van der Waals surface area contributed by atoms with Crippen molar-refractivity contribution in [2.45, 2.75) is 26.8 Å².